The van der Waals surface area contributed by atoms with Gasteiger partial charge in [0.15, 0.2) is 0 Å². The van der Waals surface area contributed by atoms with Crippen LogP contribution >= 0.6 is 12.4 Å². The lowest BCUT2D eigenvalue weighted by Gasteiger charge is -2.29. The maximum Gasteiger partial charge on any atom is 0.244 e. The molecule has 0 bridgehead atoms. The molecule has 2 N–H and O–H groups in total. The molecule has 0 unspecified atom stereocenters. The van der Waals surface area contributed by atoms with Gasteiger partial charge in [-0.25, -0.2) is 0 Å². The first-order valence-electron chi connectivity index (χ1n) is 7.93. The highest BCUT2D eigenvalue weighted by molar-refractivity contribution is 6.06. The molecule has 0 aromatic heterocycles. The second kappa shape index (κ2) is 6.48. The van der Waals surface area contributed by atoms with E-state index in [2.05, 4.69) is 34.9 Å². The van der Waals surface area contributed by atoms with E-state index in [1.807, 2.05) is 13.0 Å². The maximum absolute atomic E-state index is 12.6. The number of carbonyl (C=O) groups is 1. The highest BCUT2D eigenvalue weighted by atomic mass is 35.5. The zero-order chi connectivity index (χ0) is 15.1. The number of morpholine rings is 1. The maximum atomic E-state index is 12.6. The van der Waals surface area contributed by atoms with Gasteiger partial charge in [0, 0.05) is 17.6 Å². The van der Waals surface area contributed by atoms with Crippen LogP contribution in [0.2, 0.25) is 0 Å². The third-order valence-corrected chi connectivity index (χ3v) is 4.73. The second-order valence-electron chi connectivity index (χ2n) is 6.11. The number of ether oxygens (including phenoxy) is 1. The Balaban J connectivity index is 0.00000156. The van der Waals surface area contributed by atoms with Crippen LogP contribution in [-0.4, -0.2) is 31.2 Å². The Morgan fingerprint density at radius 2 is 2.00 bits per heavy atom. The molecule has 4 nitrogen and oxygen atoms in total. The van der Waals surface area contributed by atoms with E-state index < -0.39 is 0 Å². The number of carbonyl (C=O) groups excluding carboxylic acids is 1. The summed E-state index contributed by atoms with van der Waals surface area (Å²) >= 11 is 0. The third kappa shape index (κ3) is 2.82. The van der Waals surface area contributed by atoms with Gasteiger partial charge in [-0.15, -0.1) is 12.4 Å². The summed E-state index contributed by atoms with van der Waals surface area (Å²) in [7, 11) is 0. The minimum atomic E-state index is -0.295. The lowest BCUT2D eigenvalue weighted by atomic mass is 10.0. The van der Waals surface area contributed by atoms with Crippen molar-refractivity contribution in [3.63, 3.8) is 0 Å². The summed E-state index contributed by atoms with van der Waals surface area (Å²) < 4.78 is 5.56. The topological polar surface area (TPSA) is 50.4 Å². The van der Waals surface area contributed by atoms with E-state index in [9.17, 15) is 4.79 Å². The molecule has 0 radical (unpaired) electrons. The average Bonchev–Trinajstić information content (AvgIpc) is 2.95. The van der Waals surface area contributed by atoms with Crippen LogP contribution in [-0.2, 0) is 22.4 Å². The molecule has 4 rings (SSSR count). The van der Waals surface area contributed by atoms with E-state index in [1.165, 1.54) is 16.5 Å². The van der Waals surface area contributed by atoms with Crippen LogP contribution in [0.5, 0.6) is 0 Å². The van der Waals surface area contributed by atoms with Crippen molar-refractivity contribution in [1.29, 1.82) is 0 Å². The van der Waals surface area contributed by atoms with Crippen molar-refractivity contribution in [3.8, 4) is 0 Å². The van der Waals surface area contributed by atoms with Gasteiger partial charge in [0.1, 0.15) is 6.04 Å². The van der Waals surface area contributed by atoms with Crippen molar-refractivity contribution in [1.82, 2.24) is 5.32 Å². The summed E-state index contributed by atoms with van der Waals surface area (Å²) in [6.45, 7) is 3.31. The van der Waals surface area contributed by atoms with Crippen LogP contribution in [0.15, 0.2) is 30.3 Å². The molecule has 0 spiro atoms. The standard InChI is InChI=1S/C18H20N2O2.ClH/c1-11-17(19-9-10-22-11)18(21)20-15-8-7-13-6-5-12-3-2-4-14(15)16(12)13;/h2-4,7-8,11,17,19H,5-6,9-10H2,1H3,(H,20,21);1H/t11-,17+;/m1./s1. The summed E-state index contributed by atoms with van der Waals surface area (Å²) in [4.78, 5) is 12.6. The Morgan fingerprint density at radius 1 is 1.22 bits per heavy atom. The highest BCUT2D eigenvalue weighted by Gasteiger charge is 2.28. The monoisotopic (exact) mass is 332 g/mol. The zero-order valence-electron chi connectivity index (χ0n) is 13.1. The van der Waals surface area contributed by atoms with E-state index in [0.717, 1.165) is 23.9 Å². The minimum Gasteiger partial charge on any atom is -0.375 e. The zero-order valence-corrected chi connectivity index (χ0v) is 13.9. The second-order valence-corrected chi connectivity index (χ2v) is 6.11. The number of benzene rings is 2. The average molecular weight is 333 g/mol. The van der Waals surface area contributed by atoms with Crippen LogP contribution in [0.25, 0.3) is 10.8 Å². The number of anilines is 1. The van der Waals surface area contributed by atoms with Crippen molar-refractivity contribution < 1.29 is 9.53 Å². The largest absolute Gasteiger partial charge is 0.375 e. The number of hydrogen-bond donors (Lipinski definition) is 2. The fraction of sp³-hybridized carbons (Fsp3) is 0.389. The van der Waals surface area contributed by atoms with Crippen LogP contribution < -0.4 is 10.6 Å². The van der Waals surface area contributed by atoms with Gasteiger partial charge in [0.25, 0.3) is 0 Å². The van der Waals surface area contributed by atoms with E-state index in [0.29, 0.717) is 13.2 Å². The highest BCUT2D eigenvalue weighted by Crippen LogP contribution is 2.35. The fourth-order valence-electron chi connectivity index (χ4n) is 3.59. The van der Waals surface area contributed by atoms with Gasteiger partial charge >= 0.3 is 0 Å². The number of halogens is 1. The first-order chi connectivity index (χ1) is 10.7. The Bertz CT molecular complexity index is 737. The van der Waals surface area contributed by atoms with Crippen LogP contribution in [0.4, 0.5) is 5.69 Å². The van der Waals surface area contributed by atoms with Crippen LogP contribution in [0.3, 0.4) is 0 Å². The Morgan fingerprint density at radius 3 is 2.78 bits per heavy atom. The van der Waals surface area contributed by atoms with Crippen LogP contribution in [0.1, 0.15) is 18.1 Å². The molecule has 1 fully saturated rings. The summed E-state index contributed by atoms with van der Waals surface area (Å²) in [5.41, 5.74) is 3.67. The molecule has 0 saturated carbocycles. The number of rotatable bonds is 2. The third-order valence-electron chi connectivity index (χ3n) is 4.73. The number of aryl methyl sites for hydroxylation is 2. The molecule has 1 aliphatic heterocycles. The van der Waals surface area contributed by atoms with Crippen molar-refractivity contribution in [2.45, 2.75) is 31.9 Å². The minimum absolute atomic E-state index is 0. The molecular weight excluding hydrogens is 312 g/mol. The molecule has 1 amide bonds. The quantitative estimate of drug-likeness (QED) is 0.889. The van der Waals surface area contributed by atoms with Gasteiger partial charge in [-0.05, 0) is 42.3 Å². The fourth-order valence-corrected chi connectivity index (χ4v) is 3.59. The molecule has 2 aliphatic rings. The van der Waals surface area contributed by atoms with E-state index in [-0.39, 0.29) is 30.5 Å². The molecule has 1 aliphatic carbocycles. The summed E-state index contributed by atoms with van der Waals surface area (Å²) in [6, 6.07) is 10.2. The molecule has 2 aromatic carbocycles. The smallest absolute Gasteiger partial charge is 0.244 e. The molecule has 122 valence electrons. The van der Waals surface area contributed by atoms with Gasteiger partial charge in [-0.2, -0.15) is 0 Å². The normalized spacial score (nSPS) is 22.7. The first-order valence-corrected chi connectivity index (χ1v) is 7.93. The van der Waals surface area contributed by atoms with Gasteiger partial charge in [0.2, 0.25) is 5.91 Å². The molecule has 1 heterocycles. The summed E-state index contributed by atoms with van der Waals surface area (Å²) in [6.07, 6.45) is 2.09. The van der Waals surface area contributed by atoms with Crippen molar-refractivity contribution in [2.24, 2.45) is 0 Å². The van der Waals surface area contributed by atoms with E-state index in [4.69, 9.17) is 4.74 Å². The number of amides is 1. The van der Waals surface area contributed by atoms with Gasteiger partial charge in [-0.1, -0.05) is 24.3 Å². The Hall–Kier alpha value is -1.62. The lowest BCUT2D eigenvalue weighted by Crippen LogP contribution is -2.53. The number of nitrogens with one attached hydrogen (secondary N) is 2. The Labute approximate surface area is 142 Å². The molecule has 23 heavy (non-hydrogen) atoms. The first kappa shape index (κ1) is 16.2. The Kier molecular flexibility index (Phi) is 4.57. The van der Waals surface area contributed by atoms with Crippen molar-refractivity contribution in [2.75, 3.05) is 18.5 Å². The number of hydrogen-bond acceptors (Lipinski definition) is 3. The molecule has 2 aromatic rings. The predicted molar refractivity (Wildman–Crippen MR) is 94.4 cm³/mol. The molecule has 5 heteroatoms. The molecule has 1 saturated heterocycles. The predicted octanol–water partition coefficient (Wildman–Crippen LogP) is 2.68. The SMILES string of the molecule is C[C@H]1OCCN[C@@H]1C(=O)Nc1ccc2c3c(cccc13)CC2.Cl. The summed E-state index contributed by atoms with van der Waals surface area (Å²) in [5, 5.41) is 8.79. The van der Waals surface area contributed by atoms with Crippen LogP contribution in [0, 0.1) is 0 Å². The van der Waals surface area contributed by atoms with E-state index >= 15 is 0 Å². The van der Waals surface area contributed by atoms with Gasteiger partial charge < -0.3 is 15.4 Å². The van der Waals surface area contributed by atoms with Gasteiger partial charge in [-0.3, -0.25) is 4.79 Å². The summed E-state index contributed by atoms with van der Waals surface area (Å²) in [5.74, 6) is -0.0223. The van der Waals surface area contributed by atoms with Gasteiger partial charge in [0.05, 0.1) is 12.7 Å². The van der Waals surface area contributed by atoms with E-state index in [1.54, 1.807) is 0 Å². The lowest BCUT2D eigenvalue weighted by molar-refractivity contribution is -0.123. The van der Waals surface area contributed by atoms with Crippen molar-refractivity contribution in [3.05, 3.63) is 41.5 Å². The molecular formula is C18H21ClN2O2. The van der Waals surface area contributed by atoms with Crippen molar-refractivity contribution >= 4 is 34.8 Å². The molecule has 2 atom stereocenters.